The Kier molecular flexibility index (Phi) is 9.09. The Morgan fingerprint density at radius 3 is 2.65 bits per heavy atom. The first-order chi connectivity index (χ1) is 17.6. The zero-order chi connectivity index (χ0) is 26.7. The third-order valence-corrected chi connectivity index (χ3v) is 10.9. The molecule has 0 aliphatic carbocycles. The van der Waals surface area contributed by atoms with Crippen LogP contribution in [0.25, 0.3) is 10.2 Å². The van der Waals surface area contributed by atoms with E-state index in [0.29, 0.717) is 35.4 Å². The first kappa shape index (κ1) is 28.2. The number of likely N-dealkylation sites (tertiary alicyclic amines) is 1. The van der Waals surface area contributed by atoms with Gasteiger partial charge in [0.25, 0.3) is 5.56 Å². The molecule has 1 N–H and O–H groups in total. The summed E-state index contributed by atoms with van der Waals surface area (Å²) in [6.45, 7) is 11.4. The molecule has 206 valence electrons. The van der Waals surface area contributed by atoms with Crippen LogP contribution in [0.4, 0.5) is 0 Å². The smallest absolute Gasteiger partial charge is 0.263 e. The predicted octanol–water partition coefficient (Wildman–Crippen LogP) is 3.20. The number of thiophene rings is 1. The maximum atomic E-state index is 13.7. The molecule has 2 aromatic rings. The van der Waals surface area contributed by atoms with Crippen LogP contribution in [0, 0.1) is 18.8 Å². The molecule has 3 atom stereocenters. The van der Waals surface area contributed by atoms with Crippen LogP contribution in [-0.4, -0.2) is 71.8 Å². The van der Waals surface area contributed by atoms with E-state index in [1.54, 1.807) is 6.92 Å². The molecule has 37 heavy (non-hydrogen) atoms. The van der Waals surface area contributed by atoms with Gasteiger partial charge < -0.3 is 10.2 Å². The van der Waals surface area contributed by atoms with Gasteiger partial charge in [0.05, 0.1) is 11.7 Å². The van der Waals surface area contributed by atoms with Crippen molar-refractivity contribution in [2.75, 3.05) is 32.7 Å². The van der Waals surface area contributed by atoms with Gasteiger partial charge in [-0.05, 0) is 57.4 Å². The molecule has 2 fully saturated rings. The van der Waals surface area contributed by atoms with E-state index in [9.17, 15) is 18.0 Å². The molecule has 9 nitrogen and oxygen atoms in total. The number of carbonyl (C=O) groups is 1. The SMILES string of the molecule is CC[C@@H]1CCCCN1CCCNC(=O)Cn1cnc2sc(C)c(S(=O)(=O)N3C[C@H](C)C[C@H](C)C3)c2c1=O. The molecule has 0 radical (unpaired) electrons. The standard InChI is InChI=1S/C26H41N5O4S2/c1-5-21-9-6-7-11-29(21)12-8-10-27-22(32)16-30-17-28-25-23(26(30)33)24(20(4)36-25)37(34,35)31-14-18(2)13-19(3)15-31/h17-19,21H,5-16H2,1-4H3,(H,27,32)/t18-,19+,21-/m1/s1. The second-order valence-corrected chi connectivity index (χ2v) is 14.0. The number of piperidine rings is 2. The molecule has 0 bridgehead atoms. The number of nitrogens with one attached hydrogen (secondary N) is 1. The number of hydrogen-bond donors (Lipinski definition) is 1. The molecule has 0 saturated carbocycles. The summed E-state index contributed by atoms with van der Waals surface area (Å²) in [6, 6.07) is 0.636. The number of nitrogens with zero attached hydrogens (tertiary/aromatic N) is 4. The van der Waals surface area contributed by atoms with Crippen molar-refractivity contribution in [3.63, 3.8) is 0 Å². The summed E-state index contributed by atoms with van der Waals surface area (Å²) >= 11 is 1.21. The van der Waals surface area contributed by atoms with Crippen LogP contribution < -0.4 is 10.9 Å². The van der Waals surface area contributed by atoms with Crippen molar-refractivity contribution in [2.24, 2.45) is 11.8 Å². The number of amides is 1. The first-order valence-electron chi connectivity index (χ1n) is 13.6. The minimum Gasteiger partial charge on any atom is -0.354 e. The third kappa shape index (κ3) is 6.26. The van der Waals surface area contributed by atoms with Crippen molar-refractivity contribution < 1.29 is 13.2 Å². The summed E-state index contributed by atoms with van der Waals surface area (Å²) in [7, 11) is -3.86. The van der Waals surface area contributed by atoms with Crippen molar-refractivity contribution in [1.82, 2.24) is 24.1 Å². The van der Waals surface area contributed by atoms with Gasteiger partial charge in [0.15, 0.2) is 0 Å². The van der Waals surface area contributed by atoms with Gasteiger partial charge in [-0.25, -0.2) is 13.4 Å². The van der Waals surface area contributed by atoms with E-state index in [1.165, 1.54) is 45.8 Å². The number of rotatable bonds is 9. The Bertz CT molecular complexity index is 1260. The van der Waals surface area contributed by atoms with Crippen LogP contribution in [0.1, 0.15) is 64.2 Å². The van der Waals surface area contributed by atoms with Crippen molar-refractivity contribution in [2.45, 2.75) is 83.7 Å². The molecule has 4 heterocycles. The number of sulfonamides is 1. The van der Waals surface area contributed by atoms with Gasteiger partial charge >= 0.3 is 0 Å². The van der Waals surface area contributed by atoms with Crippen LogP contribution in [0.3, 0.4) is 0 Å². The second-order valence-electron chi connectivity index (χ2n) is 10.9. The van der Waals surface area contributed by atoms with Gasteiger partial charge in [0, 0.05) is 37.1 Å². The molecule has 2 saturated heterocycles. The Morgan fingerprint density at radius 2 is 1.95 bits per heavy atom. The zero-order valence-corrected chi connectivity index (χ0v) is 24.2. The van der Waals surface area contributed by atoms with E-state index in [2.05, 4.69) is 36.0 Å². The molecular formula is C26H41N5O4S2. The van der Waals surface area contributed by atoms with Crippen molar-refractivity contribution in [3.05, 3.63) is 21.6 Å². The van der Waals surface area contributed by atoms with E-state index in [0.717, 1.165) is 32.4 Å². The highest BCUT2D eigenvalue weighted by molar-refractivity contribution is 7.89. The fraction of sp³-hybridized carbons (Fsp3) is 0.731. The normalized spacial score (nSPS) is 23.9. The van der Waals surface area contributed by atoms with E-state index in [1.807, 2.05) is 0 Å². The average Bonchev–Trinajstić information content (AvgIpc) is 3.20. The summed E-state index contributed by atoms with van der Waals surface area (Å²) < 4.78 is 30.1. The molecule has 11 heteroatoms. The lowest BCUT2D eigenvalue weighted by Gasteiger charge is -2.35. The quantitative estimate of drug-likeness (QED) is 0.480. The Hall–Kier alpha value is -1.82. The fourth-order valence-corrected chi connectivity index (χ4v) is 9.35. The van der Waals surface area contributed by atoms with Gasteiger partial charge in [-0.2, -0.15) is 4.31 Å². The van der Waals surface area contributed by atoms with Crippen LogP contribution >= 0.6 is 11.3 Å². The number of aromatic nitrogens is 2. The second kappa shape index (κ2) is 11.9. The molecule has 4 rings (SSSR count). The summed E-state index contributed by atoms with van der Waals surface area (Å²) in [5, 5.41) is 3.01. The van der Waals surface area contributed by atoms with Crippen LogP contribution in [0.2, 0.25) is 0 Å². The summed E-state index contributed by atoms with van der Waals surface area (Å²) in [4.78, 5) is 33.9. The van der Waals surface area contributed by atoms with Crippen molar-refractivity contribution in [1.29, 1.82) is 0 Å². The summed E-state index contributed by atoms with van der Waals surface area (Å²) in [5.41, 5.74) is -0.486. The first-order valence-corrected chi connectivity index (χ1v) is 15.9. The largest absolute Gasteiger partial charge is 0.354 e. The highest BCUT2D eigenvalue weighted by atomic mass is 32.2. The number of fused-ring (bicyclic) bond motifs is 1. The highest BCUT2D eigenvalue weighted by Crippen LogP contribution is 2.35. The lowest BCUT2D eigenvalue weighted by molar-refractivity contribution is -0.121. The van der Waals surface area contributed by atoms with E-state index >= 15 is 0 Å². The minimum absolute atomic E-state index is 0.0491. The van der Waals surface area contributed by atoms with Crippen LogP contribution in [-0.2, 0) is 21.4 Å². The van der Waals surface area contributed by atoms with E-state index < -0.39 is 15.6 Å². The summed E-state index contributed by atoms with van der Waals surface area (Å²) in [5.74, 6) is 0.235. The molecular weight excluding hydrogens is 510 g/mol. The van der Waals surface area contributed by atoms with Crippen molar-refractivity contribution >= 4 is 37.5 Å². The van der Waals surface area contributed by atoms with Gasteiger partial charge in [-0.15, -0.1) is 11.3 Å². The maximum Gasteiger partial charge on any atom is 0.263 e. The molecule has 1 amide bonds. The van der Waals surface area contributed by atoms with Crippen LogP contribution in [0.15, 0.2) is 16.0 Å². The molecule has 0 unspecified atom stereocenters. The molecule has 0 spiro atoms. The highest BCUT2D eigenvalue weighted by Gasteiger charge is 2.36. The lowest BCUT2D eigenvalue weighted by Crippen LogP contribution is -2.43. The van der Waals surface area contributed by atoms with E-state index in [-0.39, 0.29) is 34.6 Å². The lowest BCUT2D eigenvalue weighted by atomic mass is 9.94. The molecule has 2 aliphatic heterocycles. The molecule has 2 aliphatic rings. The topological polar surface area (TPSA) is 105 Å². The average molecular weight is 552 g/mol. The zero-order valence-electron chi connectivity index (χ0n) is 22.5. The number of hydrogen-bond acceptors (Lipinski definition) is 7. The van der Waals surface area contributed by atoms with Gasteiger partial charge in [0.2, 0.25) is 15.9 Å². The maximum absolute atomic E-state index is 13.7. The Morgan fingerprint density at radius 1 is 1.22 bits per heavy atom. The minimum atomic E-state index is -3.86. The monoisotopic (exact) mass is 551 g/mol. The number of aryl methyl sites for hydroxylation is 1. The fourth-order valence-electron chi connectivity index (χ4n) is 6.00. The third-order valence-electron chi connectivity index (χ3n) is 7.71. The Labute approximate surface area is 224 Å². The van der Waals surface area contributed by atoms with Crippen molar-refractivity contribution in [3.8, 4) is 0 Å². The predicted molar refractivity (Wildman–Crippen MR) is 147 cm³/mol. The van der Waals surface area contributed by atoms with E-state index in [4.69, 9.17) is 0 Å². The van der Waals surface area contributed by atoms with Gasteiger partial charge in [-0.1, -0.05) is 27.2 Å². The van der Waals surface area contributed by atoms with Gasteiger partial charge in [0.1, 0.15) is 16.3 Å². The molecule has 0 aromatic carbocycles. The number of carbonyl (C=O) groups excluding carboxylic acids is 1. The Balaban J connectivity index is 1.46. The van der Waals surface area contributed by atoms with Gasteiger partial charge in [-0.3, -0.25) is 14.2 Å². The molecule has 2 aromatic heterocycles. The summed E-state index contributed by atoms with van der Waals surface area (Å²) in [6.07, 6.45) is 8.11. The van der Waals surface area contributed by atoms with Crippen LogP contribution in [0.5, 0.6) is 0 Å².